The second kappa shape index (κ2) is 14.5. The summed E-state index contributed by atoms with van der Waals surface area (Å²) in [5.41, 5.74) is 0. The first-order valence-corrected chi connectivity index (χ1v) is 7.10. The third kappa shape index (κ3) is 13.5. The van der Waals surface area contributed by atoms with E-state index in [0.29, 0.717) is 0 Å². The van der Waals surface area contributed by atoms with Crippen LogP contribution < -0.4 is 0 Å². The Kier molecular flexibility index (Phi) is 14.0. The van der Waals surface area contributed by atoms with Crippen molar-refractivity contribution in [1.82, 2.24) is 0 Å². The minimum atomic E-state index is 1.09. The molecule has 0 unspecified atom stereocenters. The van der Waals surface area contributed by atoms with E-state index in [1.807, 2.05) is 0 Å². The van der Waals surface area contributed by atoms with Gasteiger partial charge in [-0.3, -0.25) is 0 Å². The Morgan fingerprint density at radius 1 is 0.688 bits per heavy atom. The minimum absolute atomic E-state index is 1.09. The van der Waals surface area contributed by atoms with Gasteiger partial charge in [-0.25, -0.2) is 0 Å². The molecule has 1 radical (unpaired) electrons. The molecule has 16 heavy (non-hydrogen) atoms. The molecule has 0 heteroatoms. The average molecular weight is 221 g/mol. The molecule has 0 aromatic carbocycles. The predicted molar refractivity (Wildman–Crippen MR) is 74.5 cm³/mol. The summed E-state index contributed by atoms with van der Waals surface area (Å²) >= 11 is 0. The molecule has 0 aliphatic rings. The van der Waals surface area contributed by atoms with Crippen molar-refractivity contribution in [3.63, 3.8) is 0 Å². The summed E-state index contributed by atoms with van der Waals surface area (Å²) in [5, 5.41) is 0. The zero-order valence-electron chi connectivity index (χ0n) is 11.1. The highest BCUT2D eigenvalue weighted by atomic mass is 14.0. The first-order chi connectivity index (χ1) is 7.91. The fourth-order valence-corrected chi connectivity index (χ4v) is 1.81. The van der Waals surface area contributed by atoms with Crippen molar-refractivity contribution >= 4 is 0 Å². The van der Waals surface area contributed by atoms with Crippen LogP contribution in [0.4, 0.5) is 0 Å². The van der Waals surface area contributed by atoms with E-state index in [1.165, 1.54) is 64.2 Å². The third-order valence-corrected chi connectivity index (χ3v) is 2.86. The highest BCUT2D eigenvalue weighted by Gasteiger charge is 1.90. The normalized spacial score (nSPS) is 11.1. The number of unbranched alkanes of at least 4 members (excludes halogenated alkanes) is 9. The SMILES string of the molecule is [CH]=CCCCCCCCCCC=CCCC. The summed E-state index contributed by atoms with van der Waals surface area (Å²) in [5.74, 6) is 0. The van der Waals surface area contributed by atoms with Crippen molar-refractivity contribution in [2.24, 2.45) is 0 Å². The van der Waals surface area contributed by atoms with Crippen LogP contribution in [0.15, 0.2) is 18.2 Å². The Balaban J connectivity index is 2.95. The monoisotopic (exact) mass is 221 g/mol. The Morgan fingerprint density at radius 3 is 1.75 bits per heavy atom. The van der Waals surface area contributed by atoms with Crippen molar-refractivity contribution in [3.8, 4) is 0 Å². The molecule has 93 valence electrons. The quantitative estimate of drug-likeness (QED) is 0.287. The fraction of sp³-hybridized carbons (Fsp3) is 0.750. The zero-order valence-corrected chi connectivity index (χ0v) is 11.1. The minimum Gasteiger partial charge on any atom is -0.0885 e. The van der Waals surface area contributed by atoms with E-state index < -0.39 is 0 Å². The standard InChI is InChI=1S/C16H29/c1-3-5-7-9-11-13-15-16-14-12-10-8-6-4-2/h1,3,8,10H,4-7,9,11-16H2,2H3. The molecule has 0 bridgehead atoms. The molecule has 0 amide bonds. The van der Waals surface area contributed by atoms with Crippen LogP contribution in [0.2, 0.25) is 0 Å². The van der Waals surface area contributed by atoms with Gasteiger partial charge >= 0.3 is 0 Å². The maximum atomic E-state index is 5.33. The van der Waals surface area contributed by atoms with Gasteiger partial charge < -0.3 is 0 Å². The van der Waals surface area contributed by atoms with Crippen LogP contribution in [-0.4, -0.2) is 0 Å². The second-order valence-electron chi connectivity index (χ2n) is 4.55. The van der Waals surface area contributed by atoms with E-state index >= 15 is 0 Å². The molecule has 0 fully saturated rings. The molecule has 0 atom stereocenters. The van der Waals surface area contributed by atoms with Gasteiger partial charge in [0.2, 0.25) is 0 Å². The summed E-state index contributed by atoms with van der Waals surface area (Å²) in [6, 6.07) is 0. The topological polar surface area (TPSA) is 0 Å². The van der Waals surface area contributed by atoms with E-state index in [1.54, 1.807) is 6.08 Å². The molecule has 0 aromatic heterocycles. The van der Waals surface area contributed by atoms with Crippen LogP contribution in [0.5, 0.6) is 0 Å². The molecule has 0 saturated heterocycles. The molecule has 0 saturated carbocycles. The lowest BCUT2D eigenvalue weighted by Crippen LogP contribution is -1.80. The molecule has 0 aliphatic carbocycles. The Hall–Kier alpha value is -0.520. The fourth-order valence-electron chi connectivity index (χ4n) is 1.81. The molecule has 0 heterocycles. The van der Waals surface area contributed by atoms with Crippen molar-refractivity contribution < 1.29 is 0 Å². The van der Waals surface area contributed by atoms with Gasteiger partial charge in [0, 0.05) is 0 Å². The van der Waals surface area contributed by atoms with Crippen LogP contribution in [0.25, 0.3) is 0 Å². The molecule has 0 N–H and O–H groups in total. The molecule has 0 aliphatic heterocycles. The van der Waals surface area contributed by atoms with Crippen molar-refractivity contribution in [2.45, 2.75) is 77.6 Å². The number of rotatable bonds is 12. The summed E-state index contributed by atoms with van der Waals surface area (Å²) in [7, 11) is 0. The van der Waals surface area contributed by atoms with Crippen LogP contribution in [-0.2, 0) is 0 Å². The first-order valence-electron chi connectivity index (χ1n) is 7.10. The van der Waals surface area contributed by atoms with Crippen molar-refractivity contribution in [2.75, 3.05) is 0 Å². The van der Waals surface area contributed by atoms with Crippen LogP contribution in [0.3, 0.4) is 0 Å². The van der Waals surface area contributed by atoms with Crippen LogP contribution >= 0.6 is 0 Å². The third-order valence-electron chi connectivity index (χ3n) is 2.86. The predicted octanol–water partition coefficient (Wildman–Crippen LogP) is 5.84. The summed E-state index contributed by atoms with van der Waals surface area (Å²) in [6.07, 6.45) is 20.9. The Morgan fingerprint density at radius 2 is 1.19 bits per heavy atom. The molecule has 0 nitrogen and oxygen atoms in total. The van der Waals surface area contributed by atoms with E-state index in [-0.39, 0.29) is 0 Å². The highest BCUT2D eigenvalue weighted by Crippen LogP contribution is 2.10. The average Bonchev–Trinajstić information content (AvgIpc) is 2.31. The number of hydrogen-bond acceptors (Lipinski definition) is 0. The van der Waals surface area contributed by atoms with Crippen LogP contribution in [0.1, 0.15) is 77.6 Å². The highest BCUT2D eigenvalue weighted by molar-refractivity contribution is 4.80. The van der Waals surface area contributed by atoms with E-state index in [4.69, 9.17) is 6.58 Å². The van der Waals surface area contributed by atoms with Gasteiger partial charge in [0.05, 0.1) is 0 Å². The molecule has 0 spiro atoms. The summed E-state index contributed by atoms with van der Waals surface area (Å²) < 4.78 is 0. The number of hydrogen-bond donors (Lipinski definition) is 0. The van der Waals surface area contributed by atoms with Gasteiger partial charge in [-0.2, -0.15) is 0 Å². The van der Waals surface area contributed by atoms with Gasteiger partial charge in [0.1, 0.15) is 0 Å². The van der Waals surface area contributed by atoms with Gasteiger partial charge in [0.25, 0.3) is 0 Å². The van der Waals surface area contributed by atoms with E-state index in [9.17, 15) is 0 Å². The Bertz CT molecular complexity index is 155. The van der Waals surface area contributed by atoms with Gasteiger partial charge in [-0.05, 0) is 32.1 Å². The summed E-state index contributed by atoms with van der Waals surface area (Å²) in [4.78, 5) is 0. The molecule has 0 aromatic rings. The first kappa shape index (κ1) is 15.5. The molecular formula is C16H29. The number of allylic oxidation sites excluding steroid dienone is 3. The summed E-state index contributed by atoms with van der Waals surface area (Å²) in [6.45, 7) is 7.56. The maximum absolute atomic E-state index is 5.33. The van der Waals surface area contributed by atoms with Crippen molar-refractivity contribution in [1.29, 1.82) is 0 Å². The lowest BCUT2D eigenvalue weighted by Gasteiger charge is -1.99. The van der Waals surface area contributed by atoms with Gasteiger partial charge in [-0.15, -0.1) is 0 Å². The van der Waals surface area contributed by atoms with Crippen LogP contribution in [0, 0.1) is 6.58 Å². The van der Waals surface area contributed by atoms with E-state index in [0.717, 1.165) is 6.42 Å². The largest absolute Gasteiger partial charge is 0.0885 e. The van der Waals surface area contributed by atoms with E-state index in [2.05, 4.69) is 19.1 Å². The maximum Gasteiger partial charge on any atom is -0.0348 e. The smallest absolute Gasteiger partial charge is 0.0348 e. The zero-order chi connectivity index (χ0) is 11.9. The lowest BCUT2D eigenvalue weighted by atomic mass is 10.1. The van der Waals surface area contributed by atoms with Crippen molar-refractivity contribution in [3.05, 3.63) is 24.8 Å². The molecule has 0 rings (SSSR count). The Labute approximate surface area is 103 Å². The van der Waals surface area contributed by atoms with Gasteiger partial charge in [0.15, 0.2) is 0 Å². The van der Waals surface area contributed by atoms with Gasteiger partial charge in [-0.1, -0.05) is 70.3 Å². The lowest BCUT2D eigenvalue weighted by molar-refractivity contribution is 0.583. The molecular weight excluding hydrogens is 192 g/mol. The second-order valence-corrected chi connectivity index (χ2v) is 4.55.